The van der Waals surface area contributed by atoms with Crippen LogP contribution in [0.15, 0.2) is 97.2 Å². The van der Waals surface area contributed by atoms with Crippen molar-refractivity contribution in [2.24, 2.45) is 0 Å². The smallest absolute Gasteiger partial charge is 0.306 e. The van der Waals surface area contributed by atoms with Gasteiger partial charge < -0.3 is 14.2 Å². The van der Waals surface area contributed by atoms with Gasteiger partial charge in [-0.15, -0.1) is 0 Å². The molecule has 388 valence electrons. The molecule has 0 saturated carbocycles. The molecule has 0 aromatic rings. The van der Waals surface area contributed by atoms with Crippen LogP contribution < -0.4 is 0 Å². The van der Waals surface area contributed by atoms with E-state index in [-0.39, 0.29) is 31.1 Å². The van der Waals surface area contributed by atoms with Gasteiger partial charge in [0.15, 0.2) is 6.10 Å². The summed E-state index contributed by atoms with van der Waals surface area (Å²) in [6, 6.07) is 0. The highest BCUT2D eigenvalue weighted by atomic mass is 16.6. The van der Waals surface area contributed by atoms with Crippen LogP contribution >= 0.6 is 0 Å². The summed E-state index contributed by atoms with van der Waals surface area (Å²) < 4.78 is 16.8. The predicted molar refractivity (Wildman–Crippen MR) is 293 cm³/mol. The van der Waals surface area contributed by atoms with Crippen molar-refractivity contribution in [2.45, 2.75) is 264 Å². The third-order valence-corrected chi connectivity index (χ3v) is 11.8. The van der Waals surface area contributed by atoms with E-state index in [1.807, 2.05) is 0 Å². The van der Waals surface area contributed by atoms with Crippen LogP contribution in [0, 0.1) is 0 Å². The van der Waals surface area contributed by atoms with Gasteiger partial charge >= 0.3 is 17.9 Å². The van der Waals surface area contributed by atoms with Gasteiger partial charge in [-0.25, -0.2) is 0 Å². The number of hydrogen-bond donors (Lipinski definition) is 0. The highest BCUT2D eigenvalue weighted by Crippen LogP contribution is 2.15. The van der Waals surface area contributed by atoms with Crippen molar-refractivity contribution >= 4 is 17.9 Å². The Morgan fingerprint density at radius 3 is 0.897 bits per heavy atom. The molecule has 68 heavy (non-hydrogen) atoms. The molecule has 0 aliphatic rings. The van der Waals surface area contributed by atoms with Crippen molar-refractivity contribution in [1.82, 2.24) is 0 Å². The third kappa shape index (κ3) is 53.3. The molecule has 0 saturated heterocycles. The maximum atomic E-state index is 12.8. The Balaban J connectivity index is 4.41. The fourth-order valence-electron chi connectivity index (χ4n) is 7.66. The number of esters is 3. The maximum absolute atomic E-state index is 12.8. The number of rotatable bonds is 50. The topological polar surface area (TPSA) is 78.9 Å². The average Bonchev–Trinajstić information content (AvgIpc) is 3.34. The first-order valence-corrected chi connectivity index (χ1v) is 28.2. The van der Waals surface area contributed by atoms with E-state index in [9.17, 15) is 14.4 Å². The van der Waals surface area contributed by atoms with E-state index in [1.54, 1.807) is 0 Å². The lowest BCUT2D eigenvalue weighted by Gasteiger charge is -2.18. The second-order valence-corrected chi connectivity index (χ2v) is 18.4. The number of ether oxygens (including phenoxy) is 3. The molecule has 6 nitrogen and oxygen atoms in total. The molecule has 0 rings (SSSR count). The molecule has 0 aliphatic heterocycles. The lowest BCUT2D eigenvalue weighted by molar-refractivity contribution is -0.167. The molecule has 0 fully saturated rings. The van der Waals surface area contributed by atoms with E-state index >= 15 is 0 Å². The Bertz CT molecular complexity index is 1360. The van der Waals surface area contributed by atoms with Crippen LogP contribution in [0.25, 0.3) is 0 Å². The summed E-state index contributed by atoms with van der Waals surface area (Å²) in [6.45, 7) is 6.39. The van der Waals surface area contributed by atoms with E-state index in [4.69, 9.17) is 14.2 Å². The van der Waals surface area contributed by atoms with Crippen LogP contribution in [0.4, 0.5) is 0 Å². The Hall–Kier alpha value is -3.67. The first kappa shape index (κ1) is 64.3. The standard InChI is InChI=1S/C62H104O6/c1-4-7-10-13-16-19-22-25-27-29-30-31-32-34-35-37-40-43-46-49-52-55-61(64)67-58-59(57-66-60(63)54-51-48-45-42-39-24-21-18-15-12-9-6-3)68-62(65)56-53-50-47-44-41-38-36-33-28-26-23-20-17-14-11-8-5-2/h7-8,10-11,16-17,19-20,25-28,30-31,34-35,59H,4-6,9,12-15,18,21-24,29,32-33,36-58H2,1-3H3/b10-7-,11-8-,19-16-,20-17-,27-25-,28-26-,31-30-,35-34-. The van der Waals surface area contributed by atoms with E-state index in [2.05, 4.69) is 118 Å². The minimum atomic E-state index is -0.790. The molecule has 0 aliphatic carbocycles. The number of allylic oxidation sites excluding steroid dienone is 16. The quantitative estimate of drug-likeness (QED) is 0.0262. The Kier molecular flexibility index (Phi) is 52.9. The molecule has 1 unspecified atom stereocenters. The minimum Gasteiger partial charge on any atom is -0.462 e. The van der Waals surface area contributed by atoms with Gasteiger partial charge in [-0.2, -0.15) is 0 Å². The zero-order valence-electron chi connectivity index (χ0n) is 44.3. The molecule has 0 aromatic heterocycles. The van der Waals surface area contributed by atoms with Crippen molar-refractivity contribution in [3.8, 4) is 0 Å². The summed E-state index contributed by atoms with van der Waals surface area (Å²) >= 11 is 0. The summed E-state index contributed by atoms with van der Waals surface area (Å²) in [7, 11) is 0. The fourth-order valence-corrected chi connectivity index (χ4v) is 7.66. The first-order valence-electron chi connectivity index (χ1n) is 28.2. The number of unbranched alkanes of at least 4 members (excludes halogenated alkanes) is 23. The van der Waals surface area contributed by atoms with Crippen LogP contribution in [0.5, 0.6) is 0 Å². The Labute approximate surface area is 419 Å². The first-order chi connectivity index (χ1) is 33.5. The van der Waals surface area contributed by atoms with Gasteiger partial charge in [0, 0.05) is 19.3 Å². The zero-order valence-corrected chi connectivity index (χ0v) is 44.3. The lowest BCUT2D eigenvalue weighted by atomic mass is 10.0. The SMILES string of the molecule is CC/C=C\C/C=C\C/C=C\C/C=C\C/C=C\CCCCCCCC(=O)OCC(COC(=O)CCCCCCCCCCCCCC)OC(=O)CCCCCCCCC/C=C\C/C=C\C/C=C\CC. The van der Waals surface area contributed by atoms with E-state index in [0.29, 0.717) is 19.3 Å². The predicted octanol–water partition coefficient (Wildman–Crippen LogP) is 18.9. The molecule has 1 atom stereocenters. The molecule has 6 heteroatoms. The highest BCUT2D eigenvalue weighted by Gasteiger charge is 2.19. The molecule has 0 aromatic carbocycles. The second kappa shape index (κ2) is 55.9. The molecule has 0 N–H and O–H groups in total. The largest absolute Gasteiger partial charge is 0.462 e. The summed E-state index contributed by atoms with van der Waals surface area (Å²) in [5.74, 6) is -0.913. The van der Waals surface area contributed by atoms with Gasteiger partial charge in [-0.3, -0.25) is 14.4 Å². The van der Waals surface area contributed by atoms with Gasteiger partial charge in [-0.1, -0.05) is 240 Å². The molecular weight excluding hydrogens is 841 g/mol. The van der Waals surface area contributed by atoms with E-state index in [1.165, 1.54) is 83.5 Å². The zero-order chi connectivity index (χ0) is 49.3. The van der Waals surface area contributed by atoms with E-state index < -0.39 is 6.10 Å². The molecular formula is C62H104O6. The van der Waals surface area contributed by atoms with Crippen molar-refractivity contribution in [3.63, 3.8) is 0 Å². The van der Waals surface area contributed by atoms with Crippen LogP contribution in [0.3, 0.4) is 0 Å². The fraction of sp³-hybridized carbons (Fsp3) is 0.694. The number of hydrogen-bond acceptors (Lipinski definition) is 6. The molecule has 0 amide bonds. The maximum Gasteiger partial charge on any atom is 0.306 e. The highest BCUT2D eigenvalue weighted by molar-refractivity contribution is 5.71. The van der Waals surface area contributed by atoms with Gasteiger partial charge in [0.1, 0.15) is 13.2 Å². The van der Waals surface area contributed by atoms with Gasteiger partial charge in [0.25, 0.3) is 0 Å². The van der Waals surface area contributed by atoms with Gasteiger partial charge in [-0.05, 0) is 96.3 Å². The van der Waals surface area contributed by atoms with E-state index in [0.717, 1.165) is 135 Å². The second-order valence-electron chi connectivity index (χ2n) is 18.4. The summed E-state index contributed by atoms with van der Waals surface area (Å²) in [4.78, 5) is 38.1. The van der Waals surface area contributed by atoms with Crippen LogP contribution in [-0.2, 0) is 28.6 Å². The third-order valence-electron chi connectivity index (χ3n) is 11.8. The summed E-state index contributed by atoms with van der Waals surface area (Å²) in [5, 5.41) is 0. The van der Waals surface area contributed by atoms with Gasteiger partial charge in [0.2, 0.25) is 0 Å². The normalized spacial score (nSPS) is 12.8. The molecule has 0 spiro atoms. The van der Waals surface area contributed by atoms with Crippen molar-refractivity contribution in [2.75, 3.05) is 13.2 Å². The lowest BCUT2D eigenvalue weighted by Crippen LogP contribution is -2.30. The Morgan fingerprint density at radius 1 is 0.309 bits per heavy atom. The monoisotopic (exact) mass is 945 g/mol. The van der Waals surface area contributed by atoms with Crippen molar-refractivity contribution in [1.29, 1.82) is 0 Å². The van der Waals surface area contributed by atoms with Crippen LogP contribution in [0.1, 0.15) is 258 Å². The number of carbonyl (C=O) groups excluding carboxylic acids is 3. The summed E-state index contributed by atoms with van der Waals surface area (Å²) in [5.41, 5.74) is 0. The minimum absolute atomic E-state index is 0.0868. The summed E-state index contributed by atoms with van der Waals surface area (Å²) in [6.07, 6.45) is 73.9. The van der Waals surface area contributed by atoms with Crippen LogP contribution in [0.2, 0.25) is 0 Å². The molecule has 0 heterocycles. The molecule has 0 radical (unpaired) electrons. The average molecular weight is 946 g/mol. The van der Waals surface area contributed by atoms with Gasteiger partial charge in [0.05, 0.1) is 0 Å². The van der Waals surface area contributed by atoms with Crippen molar-refractivity contribution in [3.05, 3.63) is 97.2 Å². The van der Waals surface area contributed by atoms with Crippen molar-refractivity contribution < 1.29 is 28.6 Å². The van der Waals surface area contributed by atoms with Crippen LogP contribution in [-0.4, -0.2) is 37.2 Å². The number of carbonyl (C=O) groups is 3. The Morgan fingerprint density at radius 2 is 0.574 bits per heavy atom. The molecule has 0 bridgehead atoms.